The van der Waals surface area contributed by atoms with Crippen molar-refractivity contribution in [2.24, 2.45) is 0 Å². The maximum absolute atomic E-state index is 13.8. The molecule has 5 heteroatoms. The molecule has 0 aliphatic carbocycles. The molecule has 0 bridgehead atoms. The Labute approximate surface area is 116 Å². The lowest BCUT2D eigenvalue weighted by atomic mass is 10.1. The molecule has 0 saturated carbocycles. The number of aryl methyl sites for hydroxylation is 1. The molecule has 0 amide bonds. The Balaban J connectivity index is 2.29. The lowest BCUT2D eigenvalue weighted by molar-refractivity contribution is 0.197. The molecule has 1 N–H and O–H groups in total. The van der Waals surface area contributed by atoms with Crippen molar-refractivity contribution in [3.63, 3.8) is 0 Å². The molecule has 1 heterocycles. The van der Waals surface area contributed by atoms with Gasteiger partial charge in [-0.1, -0.05) is 23.7 Å². The van der Waals surface area contributed by atoms with Gasteiger partial charge in [0.2, 0.25) is 0 Å². The Kier molecular flexibility index (Phi) is 4.12. The molecular weight excluding hydrogens is 267 g/mol. The van der Waals surface area contributed by atoms with Gasteiger partial charge < -0.3 is 5.11 Å². The summed E-state index contributed by atoms with van der Waals surface area (Å²) in [6.07, 6.45) is 1.23. The first-order chi connectivity index (χ1) is 8.99. The maximum Gasteiger partial charge on any atom is 0.145 e. The SMILES string of the molecule is Cc1nc(Cc2cccc(Cl)c2F)ncc1[C@@H](C)O. The summed E-state index contributed by atoms with van der Waals surface area (Å²) >= 11 is 5.73. The Morgan fingerprint density at radius 2 is 2.16 bits per heavy atom. The number of rotatable bonds is 3. The fraction of sp³-hybridized carbons (Fsp3) is 0.286. The molecule has 1 aromatic heterocycles. The second kappa shape index (κ2) is 5.63. The van der Waals surface area contributed by atoms with Crippen LogP contribution < -0.4 is 0 Å². The van der Waals surface area contributed by atoms with Crippen LogP contribution in [0.25, 0.3) is 0 Å². The average Bonchev–Trinajstić information content (AvgIpc) is 2.34. The fourth-order valence-corrected chi connectivity index (χ4v) is 2.07. The van der Waals surface area contributed by atoms with E-state index in [2.05, 4.69) is 9.97 Å². The Morgan fingerprint density at radius 1 is 1.42 bits per heavy atom. The first-order valence-electron chi connectivity index (χ1n) is 5.92. The van der Waals surface area contributed by atoms with Crippen molar-refractivity contribution in [1.82, 2.24) is 9.97 Å². The van der Waals surface area contributed by atoms with Crippen LogP contribution in [0.3, 0.4) is 0 Å². The molecule has 0 fully saturated rings. The zero-order valence-corrected chi connectivity index (χ0v) is 11.4. The van der Waals surface area contributed by atoms with Crippen LogP contribution in [0.4, 0.5) is 4.39 Å². The zero-order chi connectivity index (χ0) is 14.0. The van der Waals surface area contributed by atoms with Crippen molar-refractivity contribution in [2.75, 3.05) is 0 Å². The van der Waals surface area contributed by atoms with E-state index in [4.69, 9.17) is 11.6 Å². The van der Waals surface area contributed by atoms with Gasteiger partial charge in [0.1, 0.15) is 11.6 Å². The van der Waals surface area contributed by atoms with E-state index in [9.17, 15) is 9.50 Å². The van der Waals surface area contributed by atoms with Crippen LogP contribution >= 0.6 is 11.6 Å². The summed E-state index contributed by atoms with van der Waals surface area (Å²) in [5.41, 5.74) is 1.83. The van der Waals surface area contributed by atoms with Gasteiger partial charge in [0.25, 0.3) is 0 Å². The van der Waals surface area contributed by atoms with Crippen molar-refractivity contribution in [3.05, 3.63) is 57.9 Å². The summed E-state index contributed by atoms with van der Waals surface area (Å²) in [6, 6.07) is 4.85. The summed E-state index contributed by atoms with van der Waals surface area (Å²) in [4.78, 5) is 8.43. The number of nitrogens with zero attached hydrogens (tertiary/aromatic N) is 2. The molecule has 100 valence electrons. The maximum atomic E-state index is 13.8. The van der Waals surface area contributed by atoms with E-state index in [-0.39, 0.29) is 11.4 Å². The van der Waals surface area contributed by atoms with Crippen molar-refractivity contribution in [1.29, 1.82) is 0 Å². The van der Waals surface area contributed by atoms with E-state index in [0.717, 1.165) is 0 Å². The standard InChI is InChI=1S/C14H14ClFN2O/c1-8-11(9(2)19)7-17-13(18-8)6-10-4-3-5-12(15)14(10)16/h3-5,7,9,19H,6H2,1-2H3/t9-/m1/s1. The van der Waals surface area contributed by atoms with Gasteiger partial charge in [0.15, 0.2) is 0 Å². The molecule has 0 spiro atoms. The number of halogens is 2. The molecule has 19 heavy (non-hydrogen) atoms. The average molecular weight is 281 g/mol. The number of aliphatic hydroxyl groups excluding tert-OH is 1. The van der Waals surface area contributed by atoms with Crippen LogP contribution in [0.2, 0.25) is 5.02 Å². The largest absolute Gasteiger partial charge is 0.389 e. The molecule has 0 aliphatic heterocycles. The topological polar surface area (TPSA) is 46.0 Å². The fourth-order valence-electron chi connectivity index (χ4n) is 1.88. The van der Waals surface area contributed by atoms with Crippen molar-refractivity contribution in [3.8, 4) is 0 Å². The van der Waals surface area contributed by atoms with Crippen molar-refractivity contribution in [2.45, 2.75) is 26.4 Å². The number of hydrogen-bond donors (Lipinski definition) is 1. The van der Waals surface area contributed by atoms with Crippen LogP contribution in [0, 0.1) is 12.7 Å². The predicted molar refractivity (Wildman–Crippen MR) is 71.6 cm³/mol. The summed E-state index contributed by atoms with van der Waals surface area (Å²) in [5, 5.41) is 9.60. The highest BCUT2D eigenvalue weighted by Gasteiger charge is 2.11. The highest BCUT2D eigenvalue weighted by Crippen LogP contribution is 2.20. The second-order valence-electron chi connectivity index (χ2n) is 4.39. The second-order valence-corrected chi connectivity index (χ2v) is 4.80. The molecule has 1 aromatic carbocycles. The van der Waals surface area contributed by atoms with Crippen LogP contribution in [0.1, 0.15) is 35.7 Å². The van der Waals surface area contributed by atoms with Crippen LogP contribution in [0.15, 0.2) is 24.4 Å². The van der Waals surface area contributed by atoms with Gasteiger partial charge in [-0.25, -0.2) is 14.4 Å². The van der Waals surface area contributed by atoms with E-state index in [1.54, 1.807) is 32.2 Å². The van der Waals surface area contributed by atoms with Gasteiger partial charge >= 0.3 is 0 Å². The quantitative estimate of drug-likeness (QED) is 0.939. The van der Waals surface area contributed by atoms with Gasteiger partial charge in [-0.15, -0.1) is 0 Å². The minimum Gasteiger partial charge on any atom is -0.389 e. The molecule has 2 rings (SSSR count). The van der Waals surface area contributed by atoms with Crippen LogP contribution in [0.5, 0.6) is 0 Å². The predicted octanol–water partition coefficient (Wildman–Crippen LogP) is 3.22. The monoisotopic (exact) mass is 280 g/mol. The van der Waals surface area contributed by atoms with Gasteiger partial charge in [0.05, 0.1) is 11.1 Å². The minimum absolute atomic E-state index is 0.0924. The van der Waals surface area contributed by atoms with Crippen molar-refractivity contribution < 1.29 is 9.50 Å². The van der Waals surface area contributed by atoms with Gasteiger partial charge in [0, 0.05) is 23.9 Å². The molecular formula is C14H14ClFN2O. The number of hydrogen-bond acceptors (Lipinski definition) is 3. The molecule has 0 aliphatic rings. The van der Waals surface area contributed by atoms with Gasteiger partial charge in [-0.3, -0.25) is 0 Å². The molecule has 0 unspecified atom stereocenters. The normalized spacial score (nSPS) is 12.5. The van der Waals surface area contributed by atoms with Crippen LogP contribution in [-0.4, -0.2) is 15.1 Å². The van der Waals surface area contributed by atoms with Gasteiger partial charge in [-0.2, -0.15) is 0 Å². The third-order valence-corrected chi connectivity index (χ3v) is 3.19. The molecule has 1 atom stereocenters. The minimum atomic E-state index is -0.614. The Bertz CT molecular complexity index is 602. The number of aliphatic hydroxyl groups is 1. The van der Waals surface area contributed by atoms with Crippen LogP contribution in [-0.2, 0) is 6.42 Å². The summed E-state index contributed by atoms with van der Waals surface area (Å²) in [6.45, 7) is 3.45. The highest BCUT2D eigenvalue weighted by atomic mass is 35.5. The molecule has 0 saturated heterocycles. The summed E-state index contributed by atoms with van der Waals surface area (Å²) < 4.78 is 13.8. The zero-order valence-electron chi connectivity index (χ0n) is 10.7. The Morgan fingerprint density at radius 3 is 2.79 bits per heavy atom. The molecule has 3 nitrogen and oxygen atoms in total. The molecule has 2 aromatic rings. The first-order valence-corrected chi connectivity index (χ1v) is 6.30. The van der Waals surface area contributed by atoms with E-state index in [0.29, 0.717) is 22.6 Å². The van der Waals surface area contributed by atoms with E-state index >= 15 is 0 Å². The van der Waals surface area contributed by atoms with E-state index < -0.39 is 11.9 Å². The van der Waals surface area contributed by atoms with E-state index in [1.165, 1.54) is 6.07 Å². The first kappa shape index (κ1) is 13.9. The van der Waals surface area contributed by atoms with Crippen molar-refractivity contribution >= 4 is 11.6 Å². The smallest absolute Gasteiger partial charge is 0.145 e. The number of aromatic nitrogens is 2. The highest BCUT2D eigenvalue weighted by molar-refractivity contribution is 6.30. The lowest BCUT2D eigenvalue weighted by Gasteiger charge is -2.09. The molecule has 0 radical (unpaired) electrons. The lowest BCUT2D eigenvalue weighted by Crippen LogP contribution is -2.05. The third-order valence-electron chi connectivity index (χ3n) is 2.90. The third kappa shape index (κ3) is 3.08. The number of benzene rings is 1. The summed E-state index contributed by atoms with van der Waals surface area (Å²) in [5.74, 6) is 0.0630. The summed E-state index contributed by atoms with van der Waals surface area (Å²) in [7, 11) is 0. The van der Waals surface area contributed by atoms with Gasteiger partial charge in [-0.05, 0) is 25.5 Å². The Hall–Kier alpha value is -1.52. The van der Waals surface area contributed by atoms with E-state index in [1.807, 2.05) is 0 Å².